The number of hydrogen-bond acceptors (Lipinski definition) is 3. The normalized spacial score (nSPS) is 25.8. The lowest BCUT2D eigenvalue weighted by atomic mass is 10.2. The third-order valence-electron chi connectivity index (χ3n) is 2.31. The molecule has 0 aliphatic carbocycles. The van der Waals surface area contributed by atoms with Crippen LogP contribution in [0.4, 0.5) is 0 Å². The van der Waals surface area contributed by atoms with Gasteiger partial charge in [0, 0.05) is 13.0 Å². The van der Waals surface area contributed by atoms with Crippen molar-refractivity contribution in [3.63, 3.8) is 0 Å². The molecule has 1 rings (SSSR count). The van der Waals surface area contributed by atoms with Gasteiger partial charge in [-0.05, 0) is 12.8 Å². The fourth-order valence-corrected chi connectivity index (χ4v) is 3.21. The highest BCUT2D eigenvalue weighted by atomic mass is 32.2. The predicted molar refractivity (Wildman–Crippen MR) is 50.1 cm³/mol. The lowest BCUT2D eigenvalue weighted by Crippen LogP contribution is -2.34. The molecule has 1 unspecified atom stereocenters. The molecule has 0 aromatic carbocycles. The molecular weight excluding hydrogens is 190 g/mol. The van der Waals surface area contributed by atoms with Crippen molar-refractivity contribution in [3.05, 3.63) is 0 Å². The third kappa shape index (κ3) is 2.69. The Labute approximate surface area is 78.6 Å². The first-order valence-corrected chi connectivity index (χ1v) is 6.26. The zero-order valence-corrected chi connectivity index (χ0v) is 8.56. The second-order valence-corrected chi connectivity index (χ2v) is 5.69. The van der Waals surface area contributed by atoms with Gasteiger partial charge >= 0.3 is 0 Å². The minimum atomic E-state index is -2.91. The molecule has 5 heteroatoms. The van der Waals surface area contributed by atoms with E-state index < -0.39 is 9.84 Å². The second kappa shape index (κ2) is 4.09. The van der Waals surface area contributed by atoms with E-state index in [9.17, 15) is 13.2 Å². The molecule has 13 heavy (non-hydrogen) atoms. The van der Waals surface area contributed by atoms with E-state index in [4.69, 9.17) is 0 Å². The first-order chi connectivity index (χ1) is 6.06. The highest BCUT2D eigenvalue weighted by Gasteiger charge is 2.30. The van der Waals surface area contributed by atoms with E-state index in [-0.39, 0.29) is 23.5 Å². The Morgan fingerprint density at radius 2 is 2.23 bits per heavy atom. The molecule has 1 aliphatic heterocycles. The molecule has 1 amide bonds. The van der Waals surface area contributed by atoms with Crippen molar-refractivity contribution >= 4 is 15.7 Å². The highest BCUT2D eigenvalue weighted by molar-refractivity contribution is 7.92. The van der Waals surface area contributed by atoms with Crippen LogP contribution in [-0.4, -0.2) is 31.9 Å². The summed E-state index contributed by atoms with van der Waals surface area (Å²) in [5.41, 5.74) is 0. The quantitative estimate of drug-likeness (QED) is 0.710. The van der Waals surface area contributed by atoms with Crippen molar-refractivity contribution in [1.82, 2.24) is 5.32 Å². The van der Waals surface area contributed by atoms with Crippen LogP contribution in [0.25, 0.3) is 0 Å². The number of carbonyl (C=O) groups excluding carboxylic acids is 1. The molecule has 1 aliphatic rings. The SMILES string of the molecule is CCC(=O)NCC1CCCS1(=O)=O. The van der Waals surface area contributed by atoms with E-state index in [1.165, 1.54) is 0 Å². The molecule has 0 bridgehead atoms. The summed E-state index contributed by atoms with van der Waals surface area (Å²) in [6, 6.07) is 0. The number of amides is 1. The van der Waals surface area contributed by atoms with Gasteiger partial charge in [-0.2, -0.15) is 0 Å². The summed E-state index contributed by atoms with van der Waals surface area (Å²) in [5.74, 6) is 0.196. The maximum absolute atomic E-state index is 11.3. The molecule has 0 saturated carbocycles. The minimum Gasteiger partial charge on any atom is -0.355 e. The van der Waals surface area contributed by atoms with Crippen molar-refractivity contribution in [2.24, 2.45) is 0 Å². The molecule has 0 spiro atoms. The van der Waals surface area contributed by atoms with E-state index in [0.717, 1.165) is 6.42 Å². The van der Waals surface area contributed by atoms with Gasteiger partial charge in [0.25, 0.3) is 0 Å². The molecule has 1 saturated heterocycles. The zero-order valence-electron chi connectivity index (χ0n) is 7.75. The maximum Gasteiger partial charge on any atom is 0.219 e. The average molecular weight is 205 g/mol. The topological polar surface area (TPSA) is 63.2 Å². The number of nitrogens with one attached hydrogen (secondary N) is 1. The monoisotopic (exact) mass is 205 g/mol. The van der Waals surface area contributed by atoms with Gasteiger partial charge in [-0.15, -0.1) is 0 Å². The van der Waals surface area contributed by atoms with E-state index in [0.29, 0.717) is 12.8 Å². The van der Waals surface area contributed by atoms with Gasteiger partial charge in [0.05, 0.1) is 11.0 Å². The van der Waals surface area contributed by atoms with Crippen LogP contribution in [0.2, 0.25) is 0 Å². The summed E-state index contributed by atoms with van der Waals surface area (Å²) in [6.45, 7) is 2.04. The van der Waals surface area contributed by atoms with Gasteiger partial charge in [-0.25, -0.2) is 8.42 Å². The van der Waals surface area contributed by atoms with E-state index in [2.05, 4.69) is 5.32 Å². The van der Waals surface area contributed by atoms with Crippen molar-refractivity contribution in [1.29, 1.82) is 0 Å². The van der Waals surface area contributed by atoms with Gasteiger partial charge in [0.15, 0.2) is 9.84 Å². The van der Waals surface area contributed by atoms with Gasteiger partial charge in [0.1, 0.15) is 0 Å². The average Bonchev–Trinajstić information content (AvgIpc) is 2.41. The van der Waals surface area contributed by atoms with Crippen LogP contribution in [0.15, 0.2) is 0 Å². The molecule has 1 N–H and O–H groups in total. The predicted octanol–water partition coefficient (Wildman–Crippen LogP) is 0.0898. The third-order valence-corrected chi connectivity index (χ3v) is 4.59. The smallest absolute Gasteiger partial charge is 0.219 e. The van der Waals surface area contributed by atoms with Crippen LogP contribution in [0, 0.1) is 0 Å². The summed E-state index contributed by atoms with van der Waals surface area (Å²) in [5, 5.41) is 2.27. The fourth-order valence-electron chi connectivity index (χ4n) is 1.44. The van der Waals surface area contributed by atoms with E-state index >= 15 is 0 Å². The van der Waals surface area contributed by atoms with E-state index in [1.807, 2.05) is 0 Å². The van der Waals surface area contributed by atoms with Crippen LogP contribution >= 0.6 is 0 Å². The molecule has 0 radical (unpaired) electrons. The molecule has 0 aromatic rings. The minimum absolute atomic E-state index is 0.0814. The van der Waals surface area contributed by atoms with Gasteiger partial charge in [-0.1, -0.05) is 6.92 Å². The Hall–Kier alpha value is -0.580. The summed E-state index contributed by atoms with van der Waals surface area (Å²) in [6.07, 6.45) is 1.83. The standard InChI is InChI=1S/C8H15NO3S/c1-2-8(10)9-6-7-4-3-5-13(7,11)12/h7H,2-6H2,1H3,(H,9,10). The molecule has 76 valence electrons. The first kappa shape index (κ1) is 10.5. The van der Waals surface area contributed by atoms with Gasteiger partial charge in [0.2, 0.25) is 5.91 Å². The van der Waals surface area contributed by atoms with Crippen molar-refractivity contribution < 1.29 is 13.2 Å². The number of sulfone groups is 1. The second-order valence-electron chi connectivity index (χ2n) is 3.29. The van der Waals surface area contributed by atoms with Crippen molar-refractivity contribution in [2.45, 2.75) is 31.4 Å². The Morgan fingerprint density at radius 3 is 2.69 bits per heavy atom. The fraction of sp³-hybridized carbons (Fsp3) is 0.875. The van der Waals surface area contributed by atoms with Crippen LogP contribution in [0.1, 0.15) is 26.2 Å². The zero-order chi connectivity index (χ0) is 9.90. The Morgan fingerprint density at radius 1 is 1.54 bits per heavy atom. The number of rotatable bonds is 3. The van der Waals surface area contributed by atoms with Crippen molar-refractivity contribution in [3.8, 4) is 0 Å². The Balaban J connectivity index is 2.42. The molecule has 1 fully saturated rings. The first-order valence-electron chi connectivity index (χ1n) is 4.54. The van der Waals surface area contributed by atoms with Gasteiger partial charge < -0.3 is 5.32 Å². The molecule has 0 aromatic heterocycles. The summed E-state index contributed by atoms with van der Waals surface area (Å²) < 4.78 is 22.6. The van der Waals surface area contributed by atoms with Crippen LogP contribution in [0.5, 0.6) is 0 Å². The number of hydrogen-bond donors (Lipinski definition) is 1. The molecule has 4 nitrogen and oxygen atoms in total. The van der Waals surface area contributed by atoms with E-state index in [1.54, 1.807) is 6.92 Å². The Bertz CT molecular complexity index is 284. The molecular formula is C8H15NO3S. The maximum atomic E-state index is 11.3. The lowest BCUT2D eigenvalue weighted by molar-refractivity contribution is -0.120. The highest BCUT2D eigenvalue weighted by Crippen LogP contribution is 2.18. The van der Waals surface area contributed by atoms with Crippen molar-refractivity contribution in [2.75, 3.05) is 12.3 Å². The summed E-state index contributed by atoms with van der Waals surface area (Å²) in [4.78, 5) is 10.9. The van der Waals surface area contributed by atoms with Crippen LogP contribution < -0.4 is 5.32 Å². The summed E-state index contributed by atoms with van der Waals surface area (Å²) in [7, 11) is -2.91. The van der Waals surface area contributed by atoms with Crippen LogP contribution in [0.3, 0.4) is 0 Å². The molecule has 1 heterocycles. The summed E-state index contributed by atoms with van der Waals surface area (Å²) >= 11 is 0. The lowest BCUT2D eigenvalue weighted by Gasteiger charge is -2.09. The van der Waals surface area contributed by atoms with Gasteiger partial charge in [-0.3, -0.25) is 4.79 Å². The largest absolute Gasteiger partial charge is 0.355 e. The Kier molecular flexibility index (Phi) is 3.30. The number of carbonyl (C=O) groups is 1. The van der Waals surface area contributed by atoms with Crippen LogP contribution in [-0.2, 0) is 14.6 Å². The molecule has 1 atom stereocenters.